The summed E-state index contributed by atoms with van der Waals surface area (Å²) in [5.74, 6) is 2.87. The van der Waals surface area contributed by atoms with Gasteiger partial charge in [0.15, 0.2) is 0 Å². The maximum Gasteiger partial charge on any atom is 0.201 e. The highest BCUT2D eigenvalue weighted by Gasteiger charge is 2.09. The van der Waals surface area contributed by atoms with Crippen LogP contribution in [-0.2, 0) is 6.42 Å². The van der Waals surface area contributed by atoms with Gasteiger partial charge in [0.25, 0.3) is 0 Å². The molecule has 0 aliphatic heterocycles. The van der Waals surface area contributed by atoms with Gasteiger partial charge < -0.3 is 20.1 Å². The molecule has 0 saturated heterocycles. The first kappa shape index (κ1) is 19.2. The molecule has 0 bridgehead atoms. The Balaban J connectivity index is 1.77. The van der Waals surface area contributed by atoms with Crippen LogP contribution in [0.5, 0.6) is 11.5 Å². The van der Waals surface area contributed by atoms with E-state index in [4.69, 9.17) is 14.5 Å². The van der Waals surface area contributed by atoms with Crippen LogP contribution in [0.1, 0.15) is 11.3 Å². The number of pyridine rings is 1. The van der Waals surface area contributed by atoms with Crippen molar-refractivity contribution in [1.29, 1.82) is 0 Å². The maximum atomic E-state index is 5.48. The minimum Gasteiger partial charge on any atom is -0.497 e. The van der Waals surface area contributed by atoms with Crippen LogP contribution in [-0.4, -0.2) is 32.2 Å². The Morgan fingerprint density at radius 1 is 0.893 bits per heavy atom. The molecule has 28 heavy (non-hydrogen) atoms. The summed E-state index contributed by atoms with van der Waals surface area (Å²) in [4.78, 5) is 8.99. The summed E-state index contributed by atoms with van der Waals surface area (Å²) in [7, 11) is 5.03. The van der Waals surface area contributed by atoms with Crippen molar-refractivity contribution in [2.45, 2.75) is 6.42 Å². The highest BCUT2D eigenvalue weighted by molar-refractivity contribution is 6.03. The van der Waals surface area contributed by atoms with Gasteiger partial charge in [-0.1, -0.05) is 30.3 Å². The molecule has 2 N–H and O–H groups in total. The number of nitrogens with one attached hydrogen (secondary N) is 2. The molecule has 3 rings (SSSR count). The van der Waals surface area contributed by atoms with Crippen molar-refractivity contribution < 1.29 is 9.47 Å². The predicted octanol–water partition coefficient (Wildman–Crippen LogP) is 4.20. The van der Waals surface area contributed by atoms with Crippen molar-refractivity contribution in [3.8, 4) is 11.5 Å². The van der Waals surface area contributed by atoms with E-state index in [0.29, 0.717) is 18.2 Å². The Bertz CT molecular complexity index is 925. The minimum atomic E-state index is 0.610. The van der Waals surface area contributed by atoms with Gasteiger partial charge in [0, 0.05) is 19.2 Å². The first-order chi connectivity index (χ1) is 13.7. The zero-order chi connectivity index (χ0) is 19.8. The normalized spacial score (nSPS) is 11.0. The number of ether oxygens (including phenoxy) is 2. The van der Waals surface area contributed by atoms with Crippen molar-refractivity contribution in [3.63, 3.8) is 0 Å². The zero-order valence-electron chi connectivity index (χ0n) is 16.3. The lowest BCUT2D eigenvalue weighted by Gasteiger charge is -2.14. The molecule has 6 heteroatoms. The molecule has 2 aromatic carbocycles. The Hall–Kier alpha value is -3.54. The Kier molecular flexibility index (Phi) is 6.46. The summed E-state index contributed by atoms with van der Waals surface area (Å²) in [6.07, 6.45) is 0.646. The molecule has 1 aromatic heterocycles. The van der Waals surface area contributed by atoms with Crippen LogP contribution < -0.4 is 20.1 Å². The van der Waals surface area contributed by atoms with Crippen molar-refractivity contribution >= 4 is 17.5 Å². The number of aliphatic imine (C=N–C) groups is 1. The molecule has 0 unspecified atom stereocenters. The van der Waals surface area contributed by atoms with Gasteiger partial charge in [0.2, 0.25) is 5.96 Å². The van der Waals surface area contributed by atoms with E-state index in [1.807, 2.05) is 66.7 Å². The lowest BCUT2D eigenvalue weighted by Crippen LogP contribution is -2.22. The summed E-state index contributed by atoms with van der Waals surface area (Å²) in [6, 6.07) is 21.6. The van der Waals surface area contributed by atoms with Gasteiger partial charge in [0.05, 0.1) is 19.9 Å². The predicted molar refractivity (Wildman–Crippen MR) is 114 cm³/mol. The van der Waals surface area contributed by atoms with Crippen molar-refractivity contribution in [1.82, 2.24) is 4.98 Å². The number of anilines is 2. The van der Waals surface area contributed by atoms with Gasteiger partial charge in [-0.25, -0.2) is 4.98 Å². The second-order valence-electron chi connectivity index (χ2n) is 6.06. The number of methoxy groups -OCH3 is 2. The van der Waals surface area contributed by atoms with E-state index < -0.39 is 0 Å². The number of hydrogen-bond acceptors (Lipinski definition) is 4. The molecule has 0 amide bonds. The van der Waals surface area contributed by atoms with Crippen molar-refractivity contribution in [3.05, 3.63) is 78.0 Å². The van der Waals surface area contributed by atoms with E-state index in [9.17, 15) is 0 Å². The van der Waals surface area contributed by atoms with E-state index in [-0.39, 0.29) is 0 Å². The highest BCUT2D eigenvalue weighted by Crippen LogP contribution is 2.23. The van der Waals surface area contributed by atoms with Gasteiger partial charge >= 0.3 is 0 Å². The van der Waals surface area contributed by atoms with E-state index in [1.165, 1.54) is 0 Å². The average molecular weight is 376 g/mol. The van der Waals surface area contributed by atoms with Crippen LogP contribution in [0.3, 0.4) is 0 Å². The fourth-order valence-electron chi connectivity index (χ4n) is 2.73. The molecule has 0 radical (unpaired) electrons. The quantitative estimate of drug-likeness (QED) is 0.498. The molecule has 0 fully saturated rings. The smallest absolute Gasteiger partial charge is 0.201 e. The lowest BCUT2D eigenvalue weighted by molar-refractivity contribution is 0.408. The molecule has 0 saturated carbocycles. The lowest BCUT2D eigenvalue weighted by atomic mass is 10.1. The van der Waals surface area contributed by atoms with Gasteiger partial charge in [-0.05, 0) is 42.0 Å². The van der Waals surface area contributed by atoms with Crippen LogP contribution >= 0.6 is 0 Å². The average Bonchev–Trinajstić information content (AvgIpc) is 2.75. The van der Waals surface area contributed by atoms with Crippen LogP contribution in [0, 0.1) is 0 Å². The van der Waals surface area contributed by atoms with Crippen molar-refractivity contribution in [2.75, 3.05) is 31.9 Å². The number of aromatic nitrogens is 1. The highest BCUT2D eigenvalue weighted by atomic mass is 16.5. The van der Waals surface area contributed by atoms with E-state index in [0.717, 1.165) is 28.4 Å². The standard InChI is InChI=1S/C22H24N4O2/c1-23-22(24-17-7-5-4-6-8-17)26-21-14-13-20(28-3)19(25-21)15-16-9-11-18(27-2)12-10-16/h4-14H,15H2,1-3H3,(H2,23,24,25,26). The van der Waals surface area contributed by atoms with E-state index in [1.54, 1.807) is 21.3 Å². The number of para-hydroxylation sites is 1. The van der Waals surface area contributed by atoms with Gasteiger partial charge in [-0.15, -0.1) is 0 Å². The molecule has 144 valence electrons. The second kappa shape index (κ2) is 9.41. The molecule has 1 heterocycles. The number of benzene rings is 2. The fourth-order valence-corrected chi connectivity index (χ4v) is 2.73. The first-order valence-electron chi connectivity index (χ1n) is 8.94. The SMILES string of the molecule is CN=C(Nc1ccccc1)Nc1ccc(OC)c(Cc2ccc(OC)cc2)n1. The van der Waals surface area contributed by atoms with Crippen molar-refractivity contribution in [2.24, 2.45) is 4.99 Å². The largest absolute Gasteiger partial charge is 0.497 e. The zero-order valence-corrected chi connectivity index (χ0v) is 16.3. The summed E-state index contributed by atoms with van der Waals surface area (Å²) < 4.78 is 10.7. The summed E-state index contributed by atoms with van der Waals surface area (Å²) in [6.45, 7) is 0. The summed E-state index contributed by atoms with van der Waals surface area (Å²) in [5, 5.41) is 6.47. The van der Waals surface area contributed by atoms with E-state index >= 15 is 0 Å². The molecule has 3 aromatic rings. The minimum absolute atomic E-state index is 0.610. The number of nitrogens with zero attached hydrogens (tertiary/aromatic N) is 2. The van der Waals surface area contributed by atoms with Crippen LogP contribution in [0.4, 0.5) is 11.5 Å². The second-order valence-corrected chi connectivity index (χ2v) is 6.06. The molecule has 0 spiro atoms. The molecular weight excluding hydrogens is 352 g/mol. The number of hydrogen-bond donors (Lipinski definition) is 2. The summed E-state index contributed by atoms with van der Waals surface area (Å²) in [5.41, 5.74) is 2.91. The fraction of sp³-hybridized carbons (Fsp3) is 0.182. The van der Waals surface area contributed by atoms with Gasteiger partial charge in [-0.3, -0.25) is 4.99 Å². The summed E-state index contributed by atoms with van der Waals surface area (Å²) >= 11 is 0. The molecular formula is C22H24N4O2. The topological polar surface area (TPSA) is 67.8 Å². The van der Waals surface area contributed by atoms with Gasteiger partial charge in [-0.2, -0.15) is 0 Å². The third-order valence-electron chi connectivity index (χ3n) is 4.19. The number of guanidine groups is 1. The van der Waals surface area contributed by atoms with E-state index in [2.05, 4.69) is 15.6 Å². The first-order valence-corrected chi connectivity index (χ1v) is 8.94. The molecule has 0 aliphatic carbocycles. The Morgan fingerprint density at radius 3 is 2.29 bits per heavy atom. The molecule has 0 aliphatic rings. The molecule has 6 nitrogen and oxygen atoms in total. The number of rotatable bonds is 6. The third kappa shape index (κ3) is 5.01. The Labute approximate surface area is 165 Å². The Morgan fingerprint density at radius 2 is 1.64 bits per heavy atom. The van der Waals surface area contributed by atoms with Crippen LogP contribution in [0.25, 0.3) is 0 Å². The van der Waals surface area contributed by atoms with Crippen LogP contribution in [0.15, 0.2) is 71.7 Å². The third-order valence-corrected chi connectivity index (χ3v) is 4.19. The van der Waals surface area contributed by atoms with Crippen LogP contribution in [0.2, 0.25) is 0 Å². The monoisotopic (exact) mass is 376 g/mol. The van der Waals surface area contributed by atoms with Gasteiger partial charge in [0.1, 0.15) is 17.3 Å². The maximum absolute atomic E-state index is 5.48. The molecule has 0 atom stereocenters.